The van der Waals surface area contributed by atoms with Gasteiger partial charge >= 0.3 is 0 Å². The van der Waals surface area contributed by atoms with E-state index in [-0.39, 0.29) is 12.2 Å². The van der Waals surface area contributed by atoms with Crippen molar-refractivity contribution in [2.45, 2.75) is 31.2 Å². The first-order valence-corrected chi connectivity index (χ1v) is 7.77. The number of fused-ring (bicyclic) bond motifs is 1. The van der Waals surface area contributed by atoms with Crippen molar-refractivity contribution in [1.82, 2.24) is 0 Å². The molecule has 2 aliphatic heterocycles. The van der Waals surface area contributed by atoms with E-state index in [1.54, 1.807) is 0 Å². The van der Waals surface area contributed by atoms with Crippen LogP contribution in [0.15, 0.2) is 60.7 Å². The van der Waals surface area contributed by atoms with E-state index in [9.17, 15) is 0 Å². The van der Waals surface area contributed by atoms with E-state index in [1.165, 1.54) is 11.1 Å². The van der Waals surface area contributed by atoms with E-state index in [0.717, 1.165) is 19.4 Å². The second kappa shape index (κ2) is 5.63. The van der Waals surface area contributed by atoms with Gasteiger partial charge in [0.25, 0.3) is 0 Å². The molecular formula is C19H20O2. The van der Waals surface area contributed by atoms with Crippen LogP contribution in [0.5, 0.6) is 0 Å². The minimum absolute atomic E-state index is 0.182. The average molecular weight is 280 g/mol. The van der Waals surface area contributed by atoms with Gasteiger partial charge < -0.3 is 9.47 Å². The second-order valence-electron chi connectivity index (χ2n) is 6.04. The van der Waals surface area contributed by atoms with Gasteiger partial charge in [-0.25, -0.2) is 0 Å². The molecule has 2 saturated heterocycles. The molecule has 0 amide bonds. The summed E-state index contributed by atoms with van der Waals surface area (Å²) in [5.41, 5.74) is 2.56. The van der Waals surface area contributed by atoms with Crippen LogP contribution >= 0.6 is 0 Å². The monoisotopic (exact) mass is 280 g/mol. The van der Waals surface area contributed by atoms with E-state index < -0.39 is 0 Å². The van der Waals surface area contributed by atoms with Crippen LogP contribution in [-0.2, 0) is 9.47 Å². The third-order valence-electron chi connectivity index (χ3n) is 4.68. The molecule has 0 spiro atoms. The summed E-state index contributed by atoms with van der Waals surface area (Å²) in [5, 5.41) is 0. The van der Waals surface area contributed by atoms with Gasteiger partial charge in [0.2, 0.25) is 0 Å². The molecule has 0 saturated carbocycles. The Bertz CT molecular complexity index is 544. The smallest absolute Gasteiger partial charge is 0.0849 e. The average Bonchev–Trinajstić information content (AvgIpc) is 2.99. The lowest BCUT2D eigenvalue weighted by Gasteiger charge is -2.31. The van der Waals surface area contributed by atoms with Crippen molar-refractivity contribution in [2.24, 2.45) is 5.92 Å². The van der Waals surface area contributed by atoms with Crippen molar-refractivity contribution in [3.63, 3.8) is 0 Å². The Hall–Kier alpha value is -1.64. The lowest BCUT2D eigenvalue weighted by molar-refractivity contribution is -0.0807. The highest BCUT2D eigenvalue weighted by Gasteiger charge is 2.41. The number of hydrogen-bond acceptors (Lipinski definition) is 2. The molecule has 2 nitrogen and oxygen atoms in total. The predicted octanol–water partition coefficient (Wildman–Crippen LogP) is 4.29. The Balaban J connectivity index is 1.47. The van der Waals surface area contributed by atoms with Crippen LogP contribution in [0.1, 0.15) is 36.2 Å². The van der Waals surface area contributed by atoms with Crippen molar-refractivity contribution >= 4 is 0 Å². The van der Waals surface area contributed by atoms with Gasteiger partial charge in [-0.05, 0) is 17.5 Å². The summed E-state index contributed by atoms with van der Waals surface area (Å²) in [4.78, 5) is 0. The molecule has 2 aromatic carbocycles. The lowest BCUT2D eigenvalue weighted by Crippen LogP contribution is -2.30. The highest BCUT2D eigenvalue weighted by atomic mass is 16.5. The maximum Gasteiger partial charge on any atom is 0.0849 e. The topological polar surface area (TPSA) is 18.5 Å². The van der Waals surface area contributed by atoms with E-state index in [2.05, 4.69) is 54.6 Å². The van der Waals surface area contributed by atoms with Crippen LogP contribution in [0.3, 0.4) is 0 Å². The van der Waals surface area contributed by atoms with Crippen LogP contribution in [0.4, 0.5) is 0 Å². The van der Waals surface area contributed by atoms with Gasteiger partial charge in [-0.2, -0.15) is 0 Å². The quantitative estimate of drug-likeness (QED) is 0.816. The maximum atomic E-state index is 6.32. The second-order valence-corrected chi connectivity index (χ2v) is 6.04. The number of benzene rings is 2. The van der Waals surface area contributed by atoms with Crippen molar-refractivity contribution < 1.29 is 9.47 Å². The van der Waals surface area contributed by atoms with Crippen molar-refractivity contribution in [2.75, 3.05) is 6.61 Å². The van der Waals surface area contributed by atoms with Crippen molar-refractivity contribution in [1.29, 1.82) is 0 Å². The van der Waals surface area contributed by atoms with Crippen LogP contribution in [0.25, 0.3) is 0 Å². The first-order valence-electron chi connectivity index (χ1n) is 7.77. The van der Waals surface area contributed by atoms with E-state index in [0.29, 0.717) is 12.0 Å². The fourth-order valence-electron chi connectivity index (χ4n) is 3.53. The molecule has 0 bridgehead atoms. The minimum atomic E-state index is 0.182. The van der Waals surface area contributed by atoms with Gasteiger partial charge in [0.15, 0.2) is 0 Å². The van der Waals surface area contributed by atoms with E-state index >= 15 is 0 Å². The van der Waals surface area contributed by atoms with Gasteiger partial charge in [-0.3, -0.25) is 0 Å². The predicted molar refractivity (Wildman–Crippen MR) is 81.9 cm³/mol. The van der Waals surface area contributed by atoms with E-state index in [4.69, 9.17) is 9.47 Å². The minimum Gasteiger partial charge on any atom is -0.373 e. The third-order valence-corrected chi connectivity index (χ3v) is 4.68. The molecule has 2 aromatic rings. The Kier molecular flexibility index (Phi) is 3.50. The van der Waals surface area contributed by atoms with Gasteiger partial charge in [0, 0.05) is 12.3 Å². The van der Waals surface area contributed by atoms with Gasteiger partial charge in [-0.15, -0.1) is 0 Å². The summed E-state index contributed by atoms with van der Waals surface area (Å²) in [5.74, 6) is 0.537. The molecule has 2 heterocycles. The first kappa shape index (κ1) is 13.1. The molecule has 108 valence electrons. The summed E-state index contributed by atoms with van der Waals surface area (Å²) < 4.78 is 12.4. The van der Waals surface area contributed by atoms with Crippen LogP contribution in [-0.4, -0.2) is 12.7 Å². The molecule has 2 heteroatoms. The fourth-order valence-corrected chi connectivity index (χ4v) is 3.53. The highest BCUT2D eigenvalue weighted by Crippen LogP contribution is 2.44. The largest absolute Gasteiger partial charge is 0.373 e. The summed E-state index contributed by atoms with van der Waals surface area (Å²) in [6, 6.07) is 21.1. The summed E-state index contributed by atoms with van der Waals surface area (Å²) in [6.07, 6.45) is 2.80. The van der Waals surface area contributed by atoms with Crippen LogP contribution in [0, 0.1) is 5.92 Å². The zero-order valence-corrected chi connectivity index (χ0v) is 12.0. The highest BCUT2D eigenvalue weighted by molar-refractivity contribution is 5.21. The maximum absolute atomic E-state index is 6.32. The van der Waals surface area contributed by atoms with E-state index in [1.807, 2.05) is 6.07 Å². The molecule has 2 fully saturated rings. The zero-order chi connectivity index (χ0) is 14.1. The Morgan fingerprint density at radius 2 is 1.33 bits per heavy atom. The summed E-state index contributed by atoms with van der Waals surface area (Å²) in [7, 11) is 0. The van der Waals surface area contributed by atoms with Crippen LogP contribution in [0.2, 0.25) is 0 Å². The molecule has 4 atom stereocenters. The standard InChI is InChI=1S/C19H20O2/c1-3-7-14(8-4-1)17-12-19-16(13-20-17)11-18(21-19)15-9-5-2-6-10-15/h1-10,16-19H,11-13H2/t16-,17?,18?,19+/m0/s1. The Morgan fingerprint density at radius 1 is 0.714 bits per heavy atom. The molecule has 0 aliphatic carbocycles. The number of ether oxygens (including phenoxy) is 2. The van der Waals surface area contributed by atoms with Gasteiger partial charge in [-0.1, -0.05) is 60.7 Å². The Labute approximate surface area is 125 Å². The van der Waals surface area contributed by atoms with Gasteiger partial charge in [0.05, 0.1) is 24.9 Å². The molecule has 2 aliphatic rings. The number of hydrogen-bond donors (Lipinski definition) is 0. The SMILES string of the molecule is c1ccc(C2C[C@H]3OC(c4ccccc4)C[C@H]3CO2)cc1. The van der Waals surface area contributed by atoms with Crippen LogP contribution < -0.4 is 0 Å². The first-order chi connectivity index (χ1) is 10.4. The molecule has 4 rings (SSSR count). The van der Waals surface area contributed by atoms with Crippen molar-refractivity contribution in [3.05, 3.63) is 71.8 Å². The fraction of sp³-hybridized carbons (Fsp3) is 0.368. The number of rotatable bonds is 2. The summed E-state index contributed by atoms with van der Waals surface area (Å²) >= 11 is 0. The van der Waals surface area contributed by atoms with Gasteiger partial charge in [0.1, 0.15) is 0 Å². The molecule has 2 unspecified atom stereocenters. The van der Waals surface area contributed by atoms with Crippen molar-refractivity contribution in [3.8, 4) is 0 Å². The molecular weight excluding hydrogens is 260 g/mol. The normalized spacial score (nSPS) is 31.8. The molecule has 21 heavy (non-hydrogen) atoms. The molecule has 0 radical (unpaired) electrons. The zero-order valence-electron chi connectivity index (χ0n) is 12.0. The lowest BCUT2D eigenvalue weighted by atomic mass is 9.90. The summed E-state index contributed by atoms with van der Waals surface area (Å²) in [6.45, 7) is 0.813. The molecule has 0 N–H and O–H groups in total. The molecule has 0 aromatic heterocycles. The Morgan fingerprint density at radius 3 is 2.00 bits per heavy atom. The third kappa shape index (κ3) is 2.61.